The van der Waals surface area contributed by atoms with E-state index in [1.807, 2.05) is 0 Å². The van der Waals surface area contributed by atoms with Gasteiger partial charge in [-0.3, -0.25) is 24.6 Å². The van der Waals surface area contributed by atoms with Gasteiger partial charge in [0.1, 0.15) is 24.8 Å². The Hall–Kier alpha value is -3.65. The zero-order valence-electron chi connectivity index (χ0n) is 19.9. The maximum absolute atomic E-state index is 13.0. The molecule has 1 fully saturated rings. The number of amides is 2. The molecule has 0 unspecified atom stereocenters. The highest BCUT2D eigenvalue weighted by atomic mass is 127. The molecule has 196 valence electrons. The lowest BCUT2D eigenvalue weighted by atomic mass is 10.1. The number of halogens is 2. The highest BCUT2D eigenvalue weighted by Gasteiger charge is 2.35. The van der Waals surface area contributed by atoms with Gasteiger partial charge in [-0.25, -0.2) is 4.39 Å². The highest BCUT2D eigenvalue weighted by Crippen LogP contribution is 2.37. The lowest BCUT2D eigenvalue weighted by Crippen LogP contribution is -2.32. The second-order valence-corrected chi connectivity index (χ2v) is 10.0. The maximum Gasteiger partial charge on any atom is 0.293 e. The smallest absolute Gasteiger partial charge is 0.293 e. The van der Waals surface area contributed by atoms with Crippen molar-refractivity contribution in [2.45, 2.75) is 6.61 Å². The summed E-state index contributed by atoms with van der Waals surface area (Å²) < 4.78 is 30.6. The average Bonchev–Trinajstić information content (AvgIpc) is 3.16. The molecule has 1 aliphatic heterocycles. The van der Waals surface area contributed by atoms with Crippen molar-refractivity contribution in [2.24, 2.45) is 0 Å². The van der Waals surface area contributed by atoms with Crippen molar-refractivity contribution >= 4 is 57.3 Å². The Bertz CT molecular complexity index is 1400. The predicted octanol–water partition coefficient (Wildman–Crippen LogP) is 6.04. The van der Waals surface area contributed by atoms with Crippen LogP contribution in [0.3, 0.4) is 0 Å². The molecule has 0 N–H and O–H groups in total. The van der Waals surface area contributed by atoms with Gasteiger partial charge in [0, 0.05) is 12.1 Å². The third-order valence-electron chi connectivity index (χ3n) is 5.35. The van der Waals surface area contributed by atoms with Gasteiger partial charge in [0.25, 0.3) is 16.8 Å². The van der Waals surface area contributed by atoms with Crippen LogP contribution in [0.15, 0.2) is 65.6 Å². The van der Waals surface area contributed by atoms with Gasteiger partial charge >= 0.3 is 0 Å². The quantitative estimate of drug-likeness (QED) is 0.113. The summed E-state index contributed by atoms with van der Waals surface area (Å²) in [4.78, 5) is 37.0. The minimum Gasteiger partial charge on any atom is -0.493 e. The number of non-ortho nitro benzene ring substituents is 1. The van der Waals surface area contributed by atoms with Crippen LogP contribution in [0.4, 0.5) is 14.9 Å². The van der Waals surface area contributed by atoms with Crippen LogP contribution in [-0.2, 0) is 11.4 Å². The Morgan fingerprint density at radius 1 is 1.08 bits per heavy atom. The van der Waals surface area contributed by atoms with E-state index in [1.165, 1.54) is 43.5 Å². The van der Waals surface area contributed by atoms with Crippen LogP contribution in [0.5, 0.6) is 17.2 Å². The van der Waals surface area contributed by atoms with Gasteiger partial charge in [0.15, 0.2) is 11.5 Å². The Morgan fingerprint density at radius 3 is 2.45 bits per heavy atom. The average molecular weight is 650 g/mol. The van der Waals surface area contributed by atoms with Crippen LogP contribution in [0.2, 0.25) is 0 Å². The first kappa shape index (κ1) is 27.4. The SMILES string of the molecule is COc1cc(/C=C2\SC(=O)N(CCOc3ccc(F)cc3)C2=O)cc(I)c1OCc1ccc([N+](=O)[O-])cc1. The Kier molecular flexibility index (Phi) is 8.84. The van der Waals surface area contributed by atoms with Crippen molar-refractivity contribution in [3.05, 3.63) is 96.2 Å². The minimum absolute atomic E-state index is 0.00455. The fraction of sp³-hybridized carbons (Fsp3) is 0.154. The number of imide groups is 1. The maximum atomic E-state index is 13.0. The Morgan fingerprint density at radius 2 is 1.79 bits per heavy atom. The molecule has 1 aliphatic rings. The molecule has 0 aromatic heterocycles. The van der Waals surface area contributed by atoms with Crippen molar-refractivity contribution in [2.75, 3.05) is 20.3 Å². The van der Waals surface area contributed by atoms with Gasteiger partial charge < -0.3 is 14.2 Å². The van der Waals surface area contributed by atoms with Gasteiger partial charge in [-0.2, -0.15) is 0 Å². The number of carbonyl (C=O) groups is 2. The third kappa shape index (κ3) is 6.61. The predicted molar refractivity (Wildman–Crippen MR) is 148 cm³/mol. The number of benzene rings is 3. The number of ether oxygens (including phenoxy) is 3. The van der Waals surface area contributed by atoms with E-state index in [0.717, 1.165) is 22.2 Å². The molecule has 1 heterocycles. The van der Waals surface area contributed by atoms with E-state index in [9.17, 15) is 24.1 Å². The van der Waals surface area contributed by atoms with E-state index in [4.69, 9.17) is 14.2 Å². The first-order chi connectivity index (χ1) is 18.2. The third-order valence-corrected chi connectivity index (χ3v) is 7.06. The van der Waals surface area contributed by atoms with Crippen LogP contribution < -0.4 is 14.2 Å². The lowest BCUT2D eigenvalue weighted by Gasteiger charge is -2.14. The number of nitro groups is 1. The second kappa shape index (κ2) is 12.3. The van der Waals surface area contributed by atoms with Gasteiger partial charge in [-0.1, -0.05) is 0 Å². The fourth-order valence-electron chi connectivity index (χ4n) is 3.46. The molecule has 0 spiro atoms. The molecule has 0 saturated carbocycles. The number of rotatable bonds is 10. The molecular formula is C26H20FIN2O7S. The number of methoxy groups -OCH3 is 1. The first-order valence-corrected chi connectivity index (χ1v) is 13.0. The first-order valence-electron chi connectivity index (χ1n) is 11.1. The van der Waals surface area contributed by atoms with E-state index in [2.05, 4.69) is 22.6 Å². The molecule has 4 rings (SSSR count). The number of hydrogen-bond donors (Lipinski definition) is 0. The number of carbonyl (C=O) groups excluding carboxylic acids is 2. The highest BCUT2D eigenvalue weighted by molar-refractivity contribution is 14.1. The Labute approximate surface area is 234 Å². The number of nitro benzene ring substituents is 1. The summed E-state index contributed by atoms with van der Waals surface area (Å²) in [6, 6.07) is 15.0. The van der Waals surface area contributed by atoms with Crippen LogP contribution in [0.25, 0.3) is 6.08 Å². The summed E-state index contributed by atoms with van der Waals surface area (Å²) in [7, 11) is 1.49. The topological polar surface area (TPSA) is 108 Å². The fourth-order valence-corrected chi connectivity index (χ4v) is 5.11. The Balaban J connectivity index is 1.42. The summed E-state index contributed by atoms with van der Waals surface area (Å²) in [6.07, 6.45) is 1.61. The number of nitrogens with zero attached hydrogens (tertiary/aromatic N) is 2. The zero-order chi connectivity index (χ0) is 27.2. The number of thioether (sulfide) groups is 1. The second-order valence-electron chi connectivity index (χ2n) is 7.88. The van der Waals surface area contributed by atoms with Crippen LogP contribution >= 0.6 is 34.4 Å². The van der Waals surface area contributed by atoms with Crippen molar-refractivity contribution in [1.29, 1.82) is 0 Å². The van der Waals surface area contributed by atoms with E-state index >= 15 is 0 Å². The molecule has 38 heavy (non-hydrogen) atoms. The van der Waals surface area contributed by atoms with Crippen LogP contribution in [-0.4, -0.2) is 41.2 Å². The standard InChI is InChI=1S/C26H20FIN2O7S/c1-35-22-13-17(12-21(28)24(22)37-15-16-2-6-19(7-3-16)30(33)34)14-23-25(31)29(26(32)38-23)10-11-36-20-8-4-18(27)5-9-20/h2-9,12-14H,10-11,15H2,1H3/b23-14-. The van der Waals surface area contributed by atoms with Crippen molar-refractivity contribution in [1.82, 2.24) is 4.90 Å². The van der Waals surface area contributed by atoms with Gasteiger partial charge in [0.05, 0.1) is 27.1 Å². The molecule has 0 atom stereocenters. The van der Waals surface area contributed by atoms with E-state index in [0.29, 0.717) is 26.4 Å². The summed E-state index contributed by atoms with van der Waals surface area (Å²) in [5.74, 6) is 0.525. The van der Waals surface area contributed by atoms with Gasteiger partial charge in [-0.15, -0.1) is 0 Å². The number of hydrogen-bond acceptors (Lipinski definition) is 8. The van der Waals surface area contributed by atoms with Gasteiger partial charge in [-0.05, 0) is 100 Å². The molecule has 12 heteroatoms. The van der Waals surface area contributed by atoms with Gasteiger partial charge in [0.2, 0.25) is 0 Å². The van der Waals surface area contributed by atoms with Crippen molar-refractivity contribution in [3.8, 4) is 17.2 Å². The van der Waals surface area contributed by atoms with Crippen LogP contribution in [0, 0.1) is 19.5 Å². The van der Waals surface area contributed by atoms with E-state index in [1.54, 1.807) is 30.3 Å². The largest absolute Gasteiger partial charge is 0.493 e. The minimum atomic E-state index is -0.466. The van der Waals surface area contributed by atoms with Crippen LogP contribution in [0.1, 0.15) is 11.1 Å². The molecule has 1 saturated heterocycles. The molecule has 0 aliphatic carbocycles. The van der Waals surface area contributed by atoms with E-state index < -0.39 is 16.1 Å². The molecule has 9 nitrogen and oxygen atoms in total. The zero-order valence-corrected chi connectivity index (χ0v) is 22.9. The van der Waals surface area contributed by atoms with Crippen molar-refractivity contribution < 1.29 is 33.1 Å². The lowest BCUT2D eigenvalue weighted by molar-refractivity contribution is -0.384. The molecular weight excluding hydrogens is 630 g/mol. The molecule has 2 amide bonds. The summed E-state index contributed by atoms with van der Waals surface area (Å²) >= 11 is 2.91. The summed E-state index contributed by atoms with van der Waals surface area (Å²) in [5.41, 5.74) is 1.38. The molecule has 3 aromatic carbocycles. The molecule has 0 bridgehead atoms. The summed E-state index contributed by atoms with van der Waals surface area (Å²) in [6.45, 7) is 0.293. The van der Waals surface area contributed by atoms with Crippen molar-refractivity contribution in [3.63, 3.8) is 0 Å². The molecule has 0 radical (unpaired) electrons. The normalized spacial score (nSPS) is 14.2. The molecule has 3 aromatic rings. The van der Waals surface area contributed by atoms with E-state index in [-0.39, 0.29) is 36.2 Å². The monoisotopic (exact) mass is 650 g/mol. The summed E-state index contributed by atoms with van der Waals surface area (Å²) in [5, 5.41) is 10.4.